The minimum absolute atomic E-state index is 0. The average molecular weight is 314 g/mol. The van der Waals surface area contributed by atoms with Gasteiger partial charge in [-0.15, -0.1) is 17.5 Å². The quantitative estimate of drug-likeness (QED) is 0.465. The topological polar surface area (TPSA) is 75.1 Å². The van der Waals surface area contributed by atoms with E-state index in [2.05, 4.69) is 34.6 Å². The van der Waals surface area contributed by atoms with Crippen molar-refractivity contribution in [2.45, 2.75) is 65.2 Å². The Bertz CT molecular complexity index is 416. The molecule has 0 heterocycles. The van der Waals surface area contributed by atoms with E-state index in [1.54, 1.807) is 0 Å². The Kier molecular flexibility index (Phi) is 7.72. The van der Waals surface area contributed by atoms with Crippen LogP contribution in [0.3, 0.4) is 0 Å². The summed E-state index contributed by atoms with van der Waals surface area (Å²) in [5, 5.41) is 12.8. The van der Waals surface area contributed by atoms with Gasteiger partial charge in [0, 0.05) is 11.4 Å². The molecule has 0 amide bonds. The van der Waals surface area contributed by atoms with Gasteiger partial charge in [0.05, 0.1) is 0 Å². The maximum atomic E-state index is 5.82. The number of rotatable bonds is 2. The number of hydrogen-bond acceptors (Lipinski definition) is 3. The molecule has 0 bridgehead atoms. The zero-order valence-corrected chi connectivity index (χ0v) is 14.0. The van der Waals surface area contributed by atoms with Crippen molar-refractivity contribution < 1.29 is 0 Å². The van der Waals surface area contributed by atoms with Crippen molar-refractivity contribution in [1.29, 1.82) is 0 Å². The highest BCUT2D eigenvalue weighted by molar-refractivity contribution is 5.90. The molecule has 120 valence electrons. The van der Waals surface area contributed by atoms with E-state index in [1.807, 2.05) is 0 Å². The first-order valence-corrected chi connectivity index (χ1v) is 7.89. The molecule has 2 saturated carbocycles. The summed E-state index contributed by atoms with van der Waals surface area (Å²) >= 11 is 0. The molecule has 21 heavy (non-hydrogen) atoms. The van der Waals surface area contributed by atoms with E-state index in [9.17, 15) is 0 Å². The van der Waals surface area contributed by atoms with Gasteiger partial charge in [-0.25, -0.2) is 5.43 Å². The van der Waals surface area contributed by atoms with Gasteiger partial charge in [0.25, 0.3) is 0 Å². The Morgan fingerprint density at radius 3 is 2.14 bits per heavy atom. The molecule has 2 unspecified atom stereocenters. The predicted molar refractivity (Wildman–Crippen MR) is 92.1 cm³/mol. The normalized spacial score (nSPS) is 31.0. The third-order valence-electron chi connectivity index (χ3n) is 4.38. The van der Waals surface area contributed by atoms with Crippen LogP contribution in [0.15, 0.2) is 15.3 Å². The van der Waals surface area contributed by atoms with E-state index in [0.717, 1.165) is 12.8 Å². The molecular weight excluding hydrogens is 286 g/mol. The van der Waals surface area contributed by atoms with Crippen LogP contribution in [-0.2, 0) is 0 Å². The Morgan fingerprint density at radius 2 is 1.57 bits per heavy atom. The van der Waals surface area contributed by atoms with Gasteiger partial charge < -0.3 is 5.73 Å². The van der Waals surface area contributed by atoms with Gasteiger partial charge in [0.2, 0.25) is 5.96 Å². The molecule has 0 aromatic heterocycles. The molecule has 0 saturated heterocycles. The summed E-state index contributed by atoms with van der Waals surface area (Å²) in [6.45, 7) is 4.43. The van der Waals surface area contributed by atoms with Crippen LogP contribution in [0.5, 0.6) is 0 Å². The summed E-state index contributed by atoms with van der Waals surface area (Å²) in [6, 6.07) is 0. The molecule has 0 aliphatic heterocycles. The zero-order chi connectivity index (χ0) is 14.4. The second-order valence-corrected chi connectivity index (χ2v) is 6.09. The summed E-state index contributed by atoms with van der Waals surface area (Å²) in [7, 11) is 0. The first-order chi connectivity index (χ1) is 9.66. The molecule has 0 spiro atoms. The number of nitrogens with one attached hydrogen (secondary N) is 1. The lowest BCUT2D eigenvalue weighted by molar-refractivity contribution is 0.555. The summed E-state index contributed by atoms with van der Waals surface area (Å²) < 4.78 is 0. The van der Waals surface area contributed by atoms with Gasteiger partial charge in [-0.1, -0.05) is 26.7 Å². The van der Waals surface area contributed by atoms with Crippen LogP contribution in [0.1, 0.15) is 65.2 Å². The molecule has 2 atom stereocenters. The van der Waals surface area contributed by atoms with Crippen molar-refractivity contribution in [3.63, 3.8) is 0 Å². The zero-order valence-electron chi connectivity index (χ0n) is 13.1. The van der Waals surface area contributed by atoms with Gasteiger partial charge in [-0.3, -0.25) is 0 Å². The van der Waals surface area contributed by atoms with Gasteiger partial charge in [0.15, 0.2) is 0 Å². The smallest absolute Gasteiger partial charge is 0.234 e. The van der Waals surface area contributed by atoms with E-state index in [1.165, 1.54) is 49.9 Å². The standard InChI is InChI=1S/C15H27N5.ClH/c1-11-7-3-5-9-13(11)17-19-15(16)20-18-14-10-6-4-8-12(14)2;/h11-12H,3-10H2,1-2H3,(H3,16,19,20);1H/b17-13+,18-14+;. The molecule has 2 fully saturated rings. The number of hydrazone groups is 1. The summed E-state index contributed by atoms with van der Waals surface area (Å²) in [6.07, 6.45) is 9.57. The minimum atomic E-state index is 0. The lowest BCUT2D eigenvalue weighted by atomic mass is 9.89. The largest absolute Gasteiger partial charge is 0.367 e. The number of nitrogens with zero attached hydrogens (tertiary/aromatic N) is 3. The molecule has 2 aliphatic carbocycles. The molecule has 6 heteroatoms. The summed E-state index contributed by atoms with van der Waals surface area (Å²) in [5.74, 6) is 1.37. The maximum absolute atomic E-state index is 5.82. The first kappa shape index (κ1) is 18.0. The fraction of sp³-hybridized carbons (Fsp3) is 0.800. The van der Waals surface area contributed by atoms with Crippen molar-refractivity contribution >= 4 is 29.8 Å². The Balaban J connectivity index is 0.00000220. The molecule has 2 rings (SSSR count). The van der Waals surface area contributed by atoms with Crippen molar-refractivity contribution in [2.75, 3.05) is 0 Å². The van der Waals surface area contributed by atoms with Crippen LogP contribution in [0.2, 0.25) is 0 Å². The minimum Gasteiger partial charge on any atom is -0.367 e. The van der Waals surface area contributed by atoms with Crippen LogP contribution in [0.4, 0.5) is 0 Å². The lowest BCUT2D eigenvalue weighted by Gasteiger charge is -2.20. The first-order valence-electron chi connectivity index (χ1n) is 7.89. The van der Waals surface area contributed by atoms with Crippen LogP contribution in [0.25, 0.3) is 0 Å². The molecule has 5 nitrogen and oxygen atoms in total. The Labute approximate surface area is 134 Å². The second kappa shape index (κ2) is 9.03. The highest BCUT2D eigenvalue weighted by Gasteiger charge is 2.16. The number of hydrogen-bond donors (Lipinski definition) is 2. The number of guanidine groups is 1. The van der Waals surface area contributed by atoms with E-state index >= 15 is 0 Å². The fourth-order valence-corrected chi connectivity index (χ4v) is 2.92. The highest BCUT2D eigenvalue weighted by atomic mass is 35.5. The van der Waals surface area contributed by atoms with Crippen molar-refractivity contribution in [2.24, 2.45) is 32.9 Å². The summed E-state index contributed by atoms with van der Waals surface area (Å²) in [4.78, 5) is 0. The Hall–Kier alpha value is -1.10. The fourth-order valence-electron chi connectivity index (χ4n) is 2.92. The molecular formula is C15H28ClN5. The van der Waals surface area contributed by atoms with E-state index < -0.39 is 0 Å². The van der Waals surface area contributed by atoms with Crippen molar-refractivity contribution in [3.05, 3.63) is 0 Å². The molecule has 2 aliphatic rings. The molecule has 0 aromatic rings. The number of halogens is 1. The third-order valence-corrected chi connectivity index (χ3v) is 4.38. The lowest BCUT2D eigenvalue weighted by Crippen LogP contribution is -2.30. The van der Waals surface area contributed by atoms with Gasteiger partial charge in [-0.05, 0) is 50.4 Å². The molecule has 3 N–H and O–H groups in total. The van der Waals surface area contributed by atoms with E-state index in [4.69, 9.17) is 5.73 Å². The summed E-state index contributed by atoms with van der Waals surface area (Å²) in [5.41, 5.74) is 11.0. The van der Waals surface area contributed by atoms with E-state index in [0.29, 0.717) is 17.8 Å². The van der Waals surface area contributed by atoms with Gasteiger partial charge >= 0.3 is 0 Å². The molecule has 0 aromatic carbocycles. The second-order valence-electron chi connectivity index (χ2n) is 6.09. The van der Waals surface area contributed by atoms with E-state index in [-0.39, 0.29) is 12.4 Å². The van der Waals surface area contributed by atoms with Gasteiger partial charge in [0.1, 0.15) is 0 Å². The Morgan fingerprint density at radius 1 is 1.00 bits per heavy atom. The van der Waals surface area contributed by atoms with Crippen molar-refractivity contribution in [1.82, 2.24) is 5.43 Å². The van der Waals surface area contributed by atoms with Crippen LogP contribution < -0.4 is 11.2 Å². The number of nitrogens with two attached hydrogens (primary N) is 1. The highest BCUT2D eigenvalue weighted by Crippen LogP contribution is 2.21. The molecule has 0 radical (unpaired) electrons. The predicted octanol–water partition coefficient (Wildman–Crippen LogP) is 3.44. The third kappa shape index (κ3) is 5.65. The van der Waals surface area contributed by atoms with Crippen LogP contribution >= 0.6 is 12.4 Å². The van der Waals surface area contributed by atoms with Crippen LogP contribution in [-0.4, -0.2) is 17.4 Å². The average Bonchev–Trinajstić information content (AvgIpc) is 2.45. The maximum Gasteiger partial charge on any atom is 0.234 e. The monoisotopic (exact) mass is 313 g/mol. The van der Waals surface area contributed by atoms with Crippen molar-refractivity contribution in [3.8, 4) is 0 Å². The SMILES string of the molecule is CC1CCCC/C1=N\N=C(\N)N/N=C1\CCCCC1C.Cl. The van der Waals surface area contributed by atoms with Gasteiger partial charge in [-0.2, -0.15) is 10.2 Å². The van der Waals surface area contributed by atoms with Crippen LogP contribution in [0, 0.1) is 11.8 Å².